The summed E-state index contributed by atoms with van der Waals surface area (Å²) in [5.41, 5.74) is 2.82. The lowest BCUT2D eigenvalue weighted by Crippen LogP contribution is -2.19. The fourth-order valence-electron chi connectivity index (χ4n) is 1.89. The zero-order valence-electron chi connectivity index (χ0n) is 11.6. The summed E-state index contributed by atoms with van der Waals surface area (Å²) in [6.07, 6.45) is 1.66. The average molecular weight is 270 g/mol. The summed E-state index contributed by atoms with van der Waals surface area (Å²) < 4.78 is 0. The minimum Gasteiger partial charge on any atom is -0.326 e. The van der Waals surface area contributed by atoms with Gasteiger partial charge in [0.05, 0.1) is 5.69 Å². The predicted octanol–water partition coefficient (Wildman–Crippen LogP) is 2.29. The monoisotopic (exact) mass is 270 g/mol. The molecule has 5 heteroatoms. The van der Waals surface area contributed by atoms with Gasteiger partial charge in [0.25, 0.3) is 0 Å². The van der Waals surface area contributed by atoms with E-state index in [2.05, 4.69) is 27.8 Å². The number of carbonyl (C=O) groups excluding carboxylic acids is 1. The largest absolute Gasteiger partial charge is 0.326 e. The van der Waals surface area contributed by atoms with E-state index < -0.39 is 0 Å². The van der Waals surface area contributed by atoms with E-state index >= 15 is 0 Å². The van der Waals surface area contributed by atoms with E-state index in [9.17, 15) is 4.79 Å². The topological polar surface area (TPSA) is 66.9 Å². The molecule has 0 spiro atoms. The van der Waals surface area contributed by atoms with Crippen LogP contribution < -0.4 is 10.6 Å². The second-order valence-electron chi connectivity index (χ2n) is 4.62. The standard InChI is InChI=1S/C15H18N4O/c1-11(16-10-15-7-4-8-17-19-15)13-5-3-6-14(9-13)18-12(2)20/h3-9,11,16H,10H2,1-2H3,(H,18,20). The molecular formula is C15H18N4O. The highest BCUT2D eigenvalue weighted by molar-refractivity contribution is 5.88. The van der Waals surface area contributed by atoms with Crippen molar-refractivity contribution in [3.63, 3.8) is 0 Å². The van der Waals surface area contributed by atoms with Crippen LogP contribution in [0.4, 0.5) is 5.69 Å². The van der Waals surface area contributed by atoms with Crippen molar-refractivity contribution in [2.24, 2.45) is 0 Å². The van der Waals surface area contributed by atoms with E-state index in [1.165, 1.54) is 6.92 Å². The second-order valence-corrected chi connectivity index (χ2v) is 4.62. The van der Waals surface area contributed by atoms with Crippen molar-refractivity contribution >= 4 is 11.6 Å². The number of amides is 1. The molecule has 2 N–H and O–H groups in total. The third-order valence-corrected chi connectivity index (χ3v) is 2.92. The van der Waals surface area contributed by atoms with E-state index in [1.54, 1.807) is 6.20 Å². The summed E-state index contributed by atoms with van der Waals surface area (Å²) in [5.74, 6) is -0.0673. The smallest absolute Gasteiger partial charge is 0.221 e. The Morgan fingerprint density at radius 2 is 2.15 bits per heavy atom. The van der Waals surface area contributed by atoms with Gasteiger partial charge < -0.3 is 10.6 Å². The van der Waals surface area contributed by atoms with Gasteiger partial charge in [-0.1, -0.05) is 12.1 Å². The van der Waals surface area contributed by atoms with Crippen molar-refractivity contribution < 1.29 is 4.79 Å². The van der Waals surface area contributed by atoms with Gasteiger partial charge in [-0.05, 0) is 36.8 Å². The fourth-order valence-corrected chi connectivity index (χ4v) is 1.89. The van der Waals surface area contributed by atoms with Crippen LogP contribution in [0.15, 0.2) is 42.6 Å². The normalized spacial score (nSPS) is 11.9. The maximum absolute atomic E-state index is 11.1. The van der Waals surface area contributed by atoms with Crippen LogP contribution in [-0.2, 0) is 11.3 Å². The highest BCUT2D eigenvalue weighted by Crippen LogP contribution is 2.17. The molecule has 1 heterocycles. The van der Waals surface area contributed by atoms with Crippen LogP contribution in [0.25, 0.3) is 0 Å². The quantitative estimate of drug-likeness (QED) is 0.874. The Morgan fingerprint density at radius 3 is 2.85 bits per heavy atom. The van der Waals surface area contributed by atoms with Crippen LogP contribution in [-0.4, -0.2) is 16.1 Å². The van der Waals surface area contributed by atoms with Crippen molar-refractivity contribution in [3.05, 3.63) is 53.9 Å². The minimum absolute atomic E-state index is 0.0673. The summed E-state index contributed by atoms with van der Waals surface area (Å²) in [6.45, 7) is 4.23. The summed E-state index contributed by atoms with van der Waals surface area (Å²) in [7, 11) is 0. The maximum Gasteiger partial charge on any atom is 0.221 e. The first-order valence-electron chi connectivity index (χ1n) is 6.52. The van der Waals surface area contributed by atoms with E-state index in [0.29, 0.717) is 6.54 Å². The molecule has 1 unspecified atom stereocenters. The summed E-state index contributed by atoms with van der Waals surface area (Å²) >= 11 is 0. The van der Waals surface area contributed by atoms with Gasteiger partial charge in [0, 0.05) is 31.4 Å². The molecule has 1 atom stereocenters. The molecule has 0 aliphatic heterocycles. The number of aromatic nitrogens is 2. The molecule has 2 aromatic rings. The Hall–Kier alpha value is -2.27. The first-order chi connectivity index (χ1) is 9.65. The highest BCUT2D eigenvalue weighted by Gasteiger charge is 2.06. The zero-order valence-corrected chi connectivity index (χ0v) is 11.6. The molecule has 0 bridgehead atoms. The maximum atomic E-state index is 11.1. The summed E-state index contributed by atoms with van der Waals surface area (Å²) in [6, 6.07) is 11.8. The van der Waals surface area contributed by atoms with Gasteiger partial charge in [0.15, 0.2) is 0 Å². The molecular weight excluding hydrogens is 252 g/mol. The molecule has 1 amide bonds. The molecule has 1 aromatic heterocycles. The molecule has 0 fully saturated rings. The van der Waals surface area contributed by atoms with Gasteiger partial charge in [-0.15, -0.1) is 0 Å². The molecule has 0 aliphatic carbocycles. The van der Waals surface area contributed by atoms with E-state index in [-0.39, 0.29) is 11.9 Å². The number of anilines is 1. The van der Waals surface area contributed by atoms with E-state index in [0.717, 1.165) is 16.9 Å². The van der Waals surface area contributed by atoms with E-state index in [4.69, 9.17) is 0 Å². The predicted molar refractivity (Wildman–Crippen MR) is 78.0 cm³/mol. The zero-order chi connectivity index (χ0) is 14.4. The van der Waals surface area contributed by atoms with Crippen LogP contribution in [0.2, 0.25) is 0 Å². The number of benzene rings is 1. The molecule has 2 rings (SSSR count). The Kier molecular flexibility index (Phi) is 4.79. The van der Waals surface area contributed by atoms with Crippen LogP contribution >= 0.6 is 0 Å². The van der Waals surface area contributed by atoms with Crippen LogP contribution in [0, 0.1) is 0 Å². The molecule has 0 radical (unpaired) electrons. The van der Waals surface area contributed by atoms with Gasteiger partial charge in [0.2, 0.25) is 5.91 Å². The Labute approximate surface area is 118 Å². The SMILES string of the molecule is CC(=O)Nc1cccc(C(C)NCc2cccnn2)c1. The lowest BCUT2D eigenvalue weighted by Gasteiger charge is -2.15. The molecule has 1 aromatic carbocycles. The number of nitrogens with zero attached hydrogens (tertiary/aromatic N) is 2. The first-order valence-corrected chi connectivity index (χ1v) is 6.52. The number of carbonyl (C=O) groups is 1. The first kappa shape index (κ1) is 14.1. The Bertz CT molecular complexity index is 571. The van der Waals surface area contributed by atoms with Crippen molar-refractivity contribution in [1.82, 2.24) is 15.5 Å². The lowest BCUT2D eigenvalue weighted by atomic mass is 10.1. The average Bonchev–Trinajstić information content (AvgIpc) is 2.45. The minimum atomic E-state index is -0.0673. The third kappa shape index (κ3) is 4.13. The van der Waals surface area contributed by atoms with E-state index in [1.807, 2.05) is 36.4 Å². The highest BCUT2D eigenvalue weighted by atomic mass is 16.1. The molecule has 104 valence electrons. The molecule has 5 nitrogen and oxygen atoms in total. The molecule has 0 aliphatic rings. The fraction of sp³-hybridized carbons (Fsp3) is 0.267. The number of hydrogen-bond acceptors (Lipinski definition) is 4. The third-order valence-electron chi connectivity index (χ3n) is 2.92. The number of hydrogen-bond donors (Lipinski definition) is 2. The van der Waals surface area contributed by atoms with Crippen LogP contribution in [0.5, 0.6) is 0 Å². The summed E-state index contributed by atoms with van der Waals surface area (Å²) in [5, 5.41) is 14.0. The van der Waals surface area contributed by atoms with Crippen LogP contribution in [0.3, 0.4) is 0 Å². The number of rotatable bonds is 5. The molecule has 20 heavy (non-hydrogen) atoms. The summed E-state index contributed by atoms with van der Waals surface area (Å²) in [4.78, 5) is 11.1. The molecule has 0 saturated heterocycles. The van der Waals surface area contributed by atoms with Crippen molar-refractivity contribution in [1.29, 1.82) is 0 Å². The van der Waals surface area contributed by atoms with Gasteiger partial charge in [-0.3, -0.25) is 4.79 Å². The van der Waals surface area contributed by atoms with Crippen molar-refractivity contribution in [3.8, 4) is 0 Å². The second kappa shape index (κ2) is 6.77. The van der Waals surface area contributed by atoms with Gasteiger partial charge in [-0.25, -0.2) is 0 Å². The number of nitrogens with one attached hydrogen (secondary N) is 2. The van der Waals surface area contributed by atoms with Crippen molar-refractivity contribution in [2.45, 2.75) is 26.4 Å². The Balaban J connectivity index is 1.98. The van der Waals surface area contributed by atoms with Gasteiger partial charge >= 0.3 is 0 Å². The van der Waals surface area contributed by atoms with Crippen LogP contribution in [0.1, 0.15) is 31.1 Å². The molecule has 0 saturated carbocycles. The van der Waals surface area contributed by atoms with Crippen molar-refractivity contribution in [2.75, 3.05) is 5.32 Å². The lowest BCUT2D eigenvalue weighted by molar-refractivity contribution is -0.114. The van der Waals surface area contributed by atoms with Gasteiger partial charge in [0.1, 0.15) is 0 Å². The van der Waals surface area contributed by atoms with Gasteiger partial charge in [-0.2, -0.15) is 10.2 Å². The Morgan fingerprint density at radius 1 is 1.30 bits per heavy atom.